The Bertz CT molecular complexity index is 769. The maximum Gasteiger partial charge on any atom is 0.251 e. The quantitative estimate of drug-likeness (QED) is 0.854. The molecule has 26 heavy (non-hydrogen) atoms. The Hall–Kier alpha value is -2.56. The Morgan fingerprint density at radius 1 is 0.962 bits per heavy atom. The molecular formula is C21H28N2O3. The second-order valence-electron chi connectivity index (χ2n) is 7.70. The van der Waals surface area contributed by atoms with Gasteiger partial charge >= 0.3 is 0 Å². The number of amides is 2. The number of benzene rings is 1. The van der Waals surface area contributed by atoms with Crippen molar-refractivity contribution in [2.24, 2.45) is 0 Å². The Labute approximate surface area is 155 Å². The number of nitrogens with one attached hydrogen (secondary N) is 2. The molecule has 0 radical (unpaired) electrons. The van der Waals surface area contributed by atoms with E-state index in [-0.39, 0.29) is 23.3 Å². The van der Waals surface area contributed by atoms with Gasteiger partial charge in [-0.3, -0.25) is 9.59 Å². The van der Waals surface area contributed by atoms with Crippen LogP contribution in [0.4, 0.5) is 0 Å². The molecule has 0 aliphatic carbocycles. The first-order valence-electron chi connectivity index (χ1n) is 8.86. The predicted molar refractivity (Wildman–Crippen MR) is 102 cm³/mol. The van der Waals surface area contributed by atoms with Crippen LogP contribution in [0.5, 0.6) is 0 Å². The summed E-state index contributed by atoms with van der Waals surface area (Å²) in [5.74, 6) is 0.953. The molecule has 2 unspecified atom stereocenters. The summed E-state index contributed by atoms with van der Waals surface area (Å²) in [5, 5.41) is 5.58. The Morgan fingerprint density at radius 3 is 2.08 bits per heavy atom. The minimum Gasteiger partial charge on any atom is -0.464 e. The third kappa shape index (κ3) is 4.97. The maximum atomic E-state index is 12.4. The number of furan rings is 1. The predicted octanol–water partition coefficient (Wildman–Crippen LogP) is 3.88. The monoisotopic (exact) mass is 356 g/mol. The lowest BCUT2D eigenvalue weighted by atomic mass is 9.86. The molecule has 0 bridgehead atoms. The van der Waals surface area contributed by atoms with E-state index in [1.165, 1.54) is 0 Å². The van der Waals surface area contributed by atoms with E-state index in [2.05, 4.69) is 31.4 Å². The molecule has 2 atom stereocenters. The number of hydrogen-bond donors (Lipinski definition) is 2. The molecule has 0 aliphatic heterocycles. The molecule has 1 aromatic carbocycles. The minimum atomic E-state index is -0.650. The van der Waals surface area contributed by atoms with Gasteiger partial charge in [-0.05, 0) is 56.0 Å². The fraction of sp³-hybridized carbons (Fsp3) is 0.429. The van der Waals surface area contributed by atoms with E-state index in [4.69, 9.17) is 4.42 Å². The topological polar surface area (TPSA) is 71.3 Å². The molecule has 0 saturated heterocycles. The van der Waals surface area contributed by atoms with Crippen LogP contribution in [0.25, 0.3) is 0 Å². The molecule has 0 spiro atoms. The zero-order valence-corrected chi connectivity index (χ0v) is 16.3. The van der Waals surface area contributed by atoms with Crippen molar-refractivity contribution in [3.63, 3.8) is 0 Å². The van der Waals surface area contributed by atoms with Crippen LogP contribution in [0, 0.1) is 6.92 Å². The van der Waals surface area contributed by atoms with Crippen LogP contribution in [0.15, 0.2) is 40.8 Å². The van der Waals surface area contributed by atoms with E-state index in [0.717, 1.165) is 11.3 Å². The van der Waals surface area contributed by atoms with Gasteiger partial charge in [0.1, 0.15) is 17.6 Å². The van der Waals surface area contributed by atoms with Crippen molar-refractivity contribution in [2.75, 3.05) is 0 Å². The van der Waals surface area contributed by atoms with Gasteiger partial charge in [0.2, 0.25) is 5.91 Å². The summed E-state index contributed by atoms with van der Waals surface area (Å²) in [4.78, 5) is 24.7. The average Bonchev–Trinajstić information content (AvgIpc) is 3.00. The van der Waals surface area contributed by atoms with Crippen molar-refractivity contribution in [3.8, 4) is 0 Å². The average molecular weight is 356 g/mol. The van der Waals surface area contributed by atoms with Crippen molar-refractivity contribution < 1.29 is 14.0 Å². The summed E-state index contributed by atoms with van der Waals surface area (Å²) < 4.78 is 5.51. The van der Waals surface area contributed by atoms with Gasteiger partial charge in [0, 0.05) is 5.56 Å². The van der Waals surface area contributed by atoms with Gasteiger partial charge in [0.15, 0.2) is 0 Å². The van der Waals surface area contributed by atoms with Gasteiger partial charge in [-0.1, -0.05) is 32.9 Å². The van der Waals surface area contributed by atoms with Gasteiger partial charge in [-0.2, -0.15) is 0 Å². The number of hydrogen-bond acceptors (Lipinski definition) is 3. The highest BCUT2D eigenvalue weighted by molar-refractivity contribution is 5.97. The van der Waals surface area contributed by atoms with Gasteiger partial charge < -0.3 is 15.1 Å². The van der Waals surface area contributed by atoms with Crippen molar-refractivity contribution in [1.82, 2.24) is 10.6 Å². The number of carbonyl (C=O) groups is 2. The minimum absolute atomic E-state index is 0.0303. The Kier molecular flexibility index (Phi) is 5.90. The van der Waals surface area contributed by atoms with Crippen molar-refractivity contribution in [3.05, 3.63) is 59.0 Å². The molecule has 0 saturated carbocycles. The van der Waals surface area contributed by atoms with Crippen LogP contribution < -0.4 is 10.6 Å². The first-order chi connectivity index (χ1) is 12.1. The zero-order chi connectivity index (χ0) is 19.5. The molecule has 0 aliphatic rings. The molecule has 0 fully saturated rings. The fourth-order valence-electron chi connectivity index (χ4n) is 2.56. The second kappa shape index (κ2) is 7.77. The lowest BCUT2D eigenvalue weighted by Gasteiger charge is -2.20. The van der Waals surface area contributed by atoms with Crippen LogP contribution in [0.3, 0.4) is 0 Å². The molecule has 5 heteroatoms. The maximum absolute atomic E-state index is 12.4. The van der Waals surface area contributed by atoms with Crippen LogP contribution in [-0.2, 0) is 10.2 Å². The van der Waals surface area contributed by atoms with Crippen molar-refractivity contribution >= 4 is 11.8 Å². The zero-order valence-electron chi connectivity index (χ0n) is 16.3. The second-order valence-corrected chi connectivity index (χ2v) is 7.70. The van der Waals surface area contributed by atoms with E-state index in [1.54, 1.807) is 19.1 Å². The first kappa shape index (κ1) is 19.8. The highest BCUT2D eigenvalue weighted by atomic mass is 16.3. The summed E-state index contributed by atoms with van der Waals surface area (Å²) in [6.45, 7) is 11.7. The molecule has 140 valence electrons. The first-order valence-corrected chi connectivity index (χ1v) is 8.86. The molecule has 2 amide bonds. The summed E-state index contributed by atoms with van der Waals surface area (Å²) in [5.41, 5.74) is 1.72. The number of rotatable bonds is 5. The molecular weight excluding hydrogens is 328 g/mol. The lowest BCUT2D eigenvalue weighted by molar-refractivity contribution is -0.123. The molecule has 1 heterocycles. The Morgan fingerprint density at radius 2 is 1.58 bits per heavy atom. The van der Waals surface area contributed by atoms with Gasteiger partial charge in [0.25, 0.3) is 5.91 Å². The van der Waals surface area contributed by atoms with E-state index in [1.807, 2.05) is 38.1 Å². The Balaban J connectivity index is 1.94. The largest absolute Gasteiger partial charge is 0.464 e. The third-order valence-corrected chi connectivity index (χ3v) is 4.30. The van der Waals surface area contributed by atoms with E-state index < -0.39 is 6.04 Å². The number of carbonyl (C=O) groups excluding carboxylic acids is 2. The summed E-state index contributed by atoms with van der Waals surface area (Å²) in [6, 6.07) is 10.2. The molecule has 2 N–H and O–H groups in total. The number of aryl methyl sites for hydroxylation is 1. The van der Waals surface area contributed by atoms with E-state index >= 15 is 0 Å². The van der Waals surface area contributed by atoms with E-state index in [9.17, 15) is 9.59 Å². The third-order valence-electron chi connectivity index (χ3n) is 4.30. The van der Waals surface area contributed by atoms with Crippen molar-refractivity contribution in [2.45, 2.75) is 59.0 Å². The SMILES string of the molecule is Cc1ccc(C(C)NC(=O)C(C)NC(=O)c2ccc(C(C)(C)C)cc2)o1. The molecule has 2 aromatic rings. The van der Waals surface area contributed by atoms with Gasteiger partial charge in [0.05, 0.1) is 6.04 Å². The fourth-order valence-corrected chi connectivity index (χ4v) is 2.56. The highest BCUT2D eigenvalue weighted by Gasteiger charge is 2.20. The molecule has 5 nitrogen and oxygen atoms in total. The van der Waals surface area contributed by atoms with Gasteiger partial charge in [-0.25, -0.2) is 0 Å². The lowest BCUT2D eigenvalue weighted by Crippen LogP contribution is -2.45. The van der Waals surface area contributed by atoms with Crippen LogP contribution in [-0.4, -0.2) is 17.9 Å². The van der Waals surface area contributed by atoms with E-state index in [0.29, 0.717) is 11.3 Å². The molecule has 1 aromatic heterocycles. The smallest absolute Gasteiger partial charge is 0.251 e. The highest BCUT2D eigenvalue weighted by Crippen LogP contribution is 2.22. The van der Waals surface area contributed by atoms with Crippen LogP contribution in [0.1, 0.15) is 68.1 Å². The van der Waals surface area contributed by atoms with Gasteiger partial charge in [-0.15, -0.1) is 0 Å². The standard InChI is InChI=1S/C21H28N2O3/c1-13-7-12-18(26-13)14(2)22-19(24)15(3)23-20(25)16-8-10-17(11-9-16)21(4,5)6/h7-12,14-15H,1-6H3,(H,22,24)(H,23,25). The normalized spacial score (nSPS) is 13.8. The van der Waals surface area contributed by atoms with Crippen LogP contribution >= 0.6 is 0 Å². The van der Waals surface area contributed by atoms with Crippen LogP contribution in [0.2, 0.25) is 0 Å². The molecule has 2 rings (SSSR count). The van der Waals surface area contributed by atoms with Crippen molar-refractivity contribution in [1.29, 1.82) is 0 Å². The summed E-state index contributed by atoms with van der Waals surface area (Å²) in [7, 11) is 0. The summed E-state index contributed by atoms with van der Waals surface area (Å²) in [6.07, 6.45) is 0. The summed E-state index contributed by atoms with van der Waals surface area (Å²) >= 11 is 0.